The molecule has 0 fully saturated rings. The monoisotopic (exact) mass is 414 g/mol. The van der Waals surface area contributed by atoms with Gasteiger partial charge in [-0.05, 0) is 80.3 Å². The zero-order valence-corrected chi connectivity index (χ0v) is 18.1. The number of carboxylic acid groups (broad SMARTS) is 1. The number of anilines is 1. The number of aromatic nitrogens is 1. The summed E-state index contributed by atoms with van der Waals surface area (Å²) >= 11 is 6.00. The van der Waals surface area contributed by atoms with E-state index < -0.39 is 11.6 Å². The molecule has 0 aliphatic rings. The lowest BCUT2D eigenvalue weighted by molar-refractivity contribution is -0.136. The average molecular weight is 415 g/mol. The second-order valence-electron chi connectivity index (χ2n) is 7.81. The van der Waals surface area contributed by atoms with E-state index in [4.69, 9.17) is 16.7 Å². The zero-order chi connectivity index (χ0) is 21.8. The van der Waals surface area contributed by atoms with Crippen LogP contribution in [0.1, 0.15) is 31.9 Å². The number of halogens is 1. The first-order valence-electron chi connectivity index (χ1n) is 9.30. The molecule has 29 heavy (non-hydrogen) atoms. The number of carbonyl (C=O) groups is 1. The summed E-state index contributed by atoms with van der Waals surface area (Å²) in [6, 6.07) is 13.2. The highest BCUT2D eigenvalue weighted by molar-refractivity contribution is 6.30. The molecular formula is C23H27ClN2O3. The van der Waals surface area contributed by atoms with Crippen molar-refractivity contribution in [1.82, 2.24) is 4.98 Å². The van der Waals surface area contributed by atoms with Crippen LogP contribution in [0.25, 0.3) is 22.0 Å². The number of nitrogens with one attached hydrogen (secondary N) is 1. The van der Waals surface area contributed by atoms with Gasteiger partial charge in [0.1, 0.15) is 5.82 Å². The molecular weight excluding hydrogens is 388 g/mol. The van der Waals surface area contributed by atoms with Crippen LogP contribution in [0.15, 0.2) is 42.5 Å². The van der Waals surface area contributed by atoms with E-state index in [-0.39, 0.29) is 6.42 Å². The van der Waals surface area contributed by atoms with Gasteiger partial charge in [-0.3, -0.25) is 4.79 Å². The molecule has 0 amide bonds. The summed E-state index contributed by atoms with van der Waals surface area (Å²) in [6.07, 6.45) is -0.0342. The van der Waals surface area contributed by atoms with Gasteiger partial charge in [0.25, 0.3) is 0 Å². The molecule has 5 nitrogen and oxygen atoms in total. The number of hydrogen-bond donors (Lipinski definition) is 3. The molecule has 0 radical (unpaired) electrons. The van der Waals surface area contributed by atoms with Crippen LogP contribution in [-0.4, -0.2) is 33.8 Å². The third-order valence-corrected chi connectivity index (χ3v) is 4.29. The zero-order valence-electron chi connectivity index (χ0n) is 17.4. The second kappa shape index (κ2) is 9.25. The molecule has 0 saturated heterocycles. The number of aliphatic hydroxyl groups is 1. The third-order valence-electron chi connectivity index (χ3n) is 4.04. The molecule has 154 valence electrons. The summed E-state index contributed by atoms with van der Waals surface area (Å²) in [7, 11) is 1.82. The summed E-state index contributed by atoms with van der Waals surface area (Å²) in [5.74, 6) is -0.0811. The Hall–Kier alpha value is -2.63. The Morgan fingerprint density at radius 2 is 1.72 bits per heavy atom. The topological polar surface area (TPSA) is 82.5 Å². The van der Waals surface area contributed by atoms with Crippen molar-refractivity contribution in [2.75, 3.05) is 12.4 Å². The number of fused-ring (bicyclic) bond motifs is 1. The van der Waals surface area contributed by atoms with Gasteiger partial charge in [0.05, 0.1) is 17.5 Å². The number of rotatable bonds is 4. The first kappa shape index (κ1) is 22.7. The van der Waals surface area contributed by atoms with E-state index >= 15 is 0 Å². The van der Waals surface area contributed by atoms with E-state index in [0.29, 0.717) is 5.02 Å². The van der Waals surface area contributed by atoms with Crippen molar-refractivity contribution in [3.63, 3.8) is 0 Å². The Labute approximate surface area is 176 Å². The standard InChI is InChI=1S/C19H17ClN2O2.C4H10O/c1-11-9-16-14(7-8-17(21-2)22-16)19(15(11)10-18(23)24)12-3-5-13(20)6-4-12;1-4(2,3)5/h3-9H,10H2,1-2H3,(H,21,22)(H,23,24);5H,1-3H3. The van der Waals surface area contributed by atoms with Gasteiger partial charge in [-0.25, -0.2) is 4.98 Å². The van der Waals surface area contributed by atoms with Crippen molar-refractivity contribution in [2.24, 2.45) is 0 Å². The quantitative estimate of drug-likeness (QED) is 0.538. The SMILES string of the molecule is CC(C)(C)O.CNc1ccc2c(-c3ccc(Cl)cc3)c(CC(=O)O)c(C)cc2n1. The number of benzene rings is 2. The first-order valence-corrected chi connectivity index (χ1v) is 9.68. The van der Waals surface area contributed by atoms with Crippen molar-refractivity contribution in [2.45, 2.75) is 39.7 Å². The highest BCUT2D eigenvalue weighted by Crippen LogP contribution is 2.35. The summed E-state index contributed by atoms with van der Waals surface area (Å²) in [5, 5.41) is 22.4. The molecule has 3 N–H and O–H groups in total. The van der Waals surface area contributed by atoms with Crippen molar-refractivity contribution in [1.29, 1.82) is 0 Å². The molecule has 0 unspecified atom stereocenters. The van der Waals surface area contributed by atoms with Crippen molar-refractivity contribution < 1.29 is 15.0 Å². The predicted molar refractivity (Wildman–Crippen MR) is 120 cm³/mol. The Morgan fingerprint density at radius 1 is 1.14 bits per heavy atom. The van der Waals surface area contributed by atoms with Gasteiger partial charge < -0.3 is 15.5 Å². The molecule has 1 aromatic heterocycles. The molecule has 0 aliphatic heterocycles. The van der Waals surface area contributed by atoms with E-state index in [1.807, 2.05) is 56.4 Å². The normalized spacial score (nSPS) is 11.0. The molecule has 3 aromatic rings. The van der Waals surface area contributed by atoms with Gasteiger partial charge in [0.15, 0.2) is 0 Å². The summed E-state index contributed by atoms with van der Waals surface area (Å²) in [5.41, 5.74) is 3.88. The molecule has 0 bridgehead atoms. The number of aryl methyl sites for hydroxylation is 1. The maximum absolute atomic E-state index is 11.3. The fourth-order valence-electron chi connectivity index (χ4n) is 2.91. The fourth-order valence-corrected chi connectivity index (χ4v) is 3.04. The minimum Gasteiger partial charge on any atom is -0.481 e. The van der Waals surface area contributed by atoms with E-state index in [0.717, 1.165) is 39.0 Å². The van der Waals surface area contributed by atoms with Crippen LogP contribution < -0.4 is 5.32 Å². The maximum atomic E-state index is 11.3. The third kappa shape index (κ3) is 6.44. The molecule has 0 atom stereocenters. The van der Waals surface area contributed by atoms with Crippen LogP contribution in [0.3, 0.4) is 0 Å². The average Bonchev–Trinajstić information content (AvgIpc) is 2.61. The molecule has 0 spiro atoms. The highest BCUT2D eigenvalue weighted by atomic mass is 35.5. The Morgan fingerprint density at radius 3 is 2.24 bits per heavy atom. The van der Waals surface area contributed by atoms with Gasteiger partial charge in [-0.1, -0.05) is 23.7 Å². The first-order chi connectivity index (χ1) is 13.5. The van der Waals surface area contributed by atoms with Crippen molar-refractivity contribution in [3.05, 3.63) is 58.6 Å². The van der Waals surface area contributed by atoms with Crippen molar-refractivity contribution >= 4 is 34.3 Å². The highest BCUT2D eigenvalue weighted by Gasteiger charge is 2.16. The lowest BCUT2D eigenvalue weighted by Crippen LogP contribution is -2.10. The lowest BCUT2D eigenvalue weighted by atomic mass is 9.90. The Bertz CT molecular complexity index is 1000. The number of nitrogens with zero attached hydrogens (tertiary/aromatic N) is 1. The largest absolute Gasteiger partial charge is 0.481 e. The summed E-state index contributed by atoms with van der Waals surface area (Å²) < 4.78 is 0. The van der Waals surface area contributed by atoms with Crippen LogP contribution in [-0.2, 0) is 11.2 Å². The minimum atomic E-state index is -0.854. The molecule has 1 heterocycles. The van der Waals surface area contributed by atoms with Crippen LogP contribution >= 0.6 is 11.6 Å². The Kier molecular flexibility index (Phi) is 7.22. The van der Waals surface area contributed by atoms with Crippen LogP contribution in [0.4, 0.5) is 5.82 Å². The maximum Gasteiger partial charge on any atom is 0.307 e. The Balaban J connectivity index is 0.000000537. The van der Waals surface area contributed by atoms with Crippen LogP contribution in [0.5, 0.6) is 0 Å². The van der Waals surface area contributed by atoms with Gasteiger partial charge in [0.2, 0.25) is 0 Å². The van der Waals surface area contributed by atoms with Gasteiger partial charge >= 0.3 is 5.97 Å². The second-order valence-corrected chi connectivity index (χ2v) is 8.24. The van der Waals surface area contributed by atoms with Crippen LogP contribution in [0.2, 0.25) is 5.02 Å². The van der Waals surface area contributed by atoms with Gasteiger partial charge in [-0.15, -0.1) is 0 Å². The molecule has 2 aromatic carbocycles. The molecule has 3 rings (SSSR count). The summed E-state index contributed by atoms with van der Waals surface area (Å²) in [6.45, 7) is 7.15. The molecule has 6 heteroatoms. The smallest absolute Gasteiger partial charge is 0.307 e. The van der Waals surface area contributed by atoms with E-state index in [1.165, 1.54) is 0 Å². The molecule has 0 saturated carbocycles. The number of pyridine rings is 1. The molecule has 0 aliphatic carbocycles. The van der Waals surface area contributed by atoms with E-state index in [1.54, 1.807) is 20.8 Å². The van der Waals surface area contributed by atoms with E-state index in [9.17, 15) is 9.90 Å². The van der Waals surface area contributed by atoms with Gasteiger partial charge in [-0.2, -0.15) is 0 Å². The van der Waals surface area contributed by atoms with Crippen LogP contribution in [0, 0.1) is 6.92 Å². The van der Waals surface area contributed by atoms with Crippen molar-refractivity contribution in [3.8, 4) is 11.1 Å². The summed E-state index contributed by atoms with van der Waals surface area (Å²) in [4.78, 5) is 15.9. The van der Waals surface area contributed by atoms with E-state index in [2.05, 4.69) is 10.3 Å². The fraction of sp³-hybridized carbons (Fsp3) is 0.304. The lowest BCUT2D eigenvalue weighted by Gasteiger charge is -2.16. The van der Waals surface area contributed by atoms with Gasteiger partial charge in [0, 0.05) is 17.5 Å². The number of aliphatic carboxylic acids is 1. The number of hydrogen-bond acceptors (Lipinski definition) is 4. The predicted octanol–water partition coefficient (Wildman–Crippen LogP) is 5.31. The number of carboxylic acids is 1. The minimum absolute atomic E-state index is 0.0342.